The van der Waals surface area contributed by atoms with Crippen LogP contribution in [0.2, 0.25) is 0 Å². The molecule has 0 radical (unpaired) electrons. The molecule has 24 heavy (non-hydrogen) atoms. The van der Waals surface area contributed by atoms with E-state index < -0.39 is 0 Å². The highest BCUT2D eigenvalue weighted by atomic mass is 32.2. The number of thiophene rings is 1. The Kier molecular flexibility index (Phi) is 5.55. The van der Waals surface area contributed by atoms with E-state index >= 15 is 0 Å². The lowest BCUT2D eigenvalue weighted by atomic mass is 10.3. The number of thioether (sulfide) groups is 1. The highest BCUT2D eigenvalue weighted by Crippen LogP contribution is 2.30. The first-order valence-corrected chi connectivity index (χ1v) is 10.1. The van der Waals surface area contributed by atoms with Crippen molar-refractivity contribution >= 4 is 51.2 Å². The number of nitrogens with one attached hydrogen (secondary N) is 1. The van der Waals surface area contributed by atoms with Crippen LogP contribution >= 0.6 is 34.4 Å². The Morgan fingerprint density at radius 2 is 2.08 bits per heavy atom. The Bertz CT molecular complexity index is 797. The van der Waals surface area contributed by atoms with Crippen LogP contribution in [-0.2, 0) is 4.79 Å². The molecule has 0 spiro atoms. The zero-order chi connectivity index (χ0) is 16.9. The van der Waals surface area contributed by atoms with E-state index in [0.717, 1.165) is 27.6 Å². The summed E-state index contributed by atoms with van der Waals surface area (Å²) in [5, 5.41) is 7.39. The highest BCUT2D eigenvalue weighted by molar-refractivity contribution is 8.00. The van der Waals surface area contributed by atoms with Crippen LogP contribution in [0.1, 0.15) is 13.3 Å². The molecule has 3 rings (SSSR count). The zero-order valence-electron chi connectivity index (χ0n) is 13.1. The van der Waals surface area contributed by atoms with Crippen LogP contribution in [0, 0.1) is 0 Å². The van der Waals surface area contributed by atoms with Crippen molar-refractivity contribution in [1.29, 1.82) is 0 Å². The minimum atomic E-state index is -0.164. The van der Waals surface area contributed by atoms with Gasteiger partial charge in [0.25, 0.3) is 0 Å². The van der Waals surface area contributed by atoms with Crippen LogP contribution < -0.4 is 11.1 Å². The van der Waals surface area contributed by atoms with Gasteiger partial charge < -0.3 is 11.1 Å². The Morgan fingerprint density at radius 1 is 1.29 bits per heavy atom. The van der Waals surface area contributed by atoms with Crippen LogP contribution in [0.3, 0.4) is 0 Å². The van der Waals surface area contributed by atoms with E-state index in [2.05, 4.69) is 10.3 Å². The van der Waals surface area contributed by atoms with Crippen molar-refractivity contribution in [2.75, 3.05) is 11.1 Å². The molecule has 1 aromatic carbocycles. The normalized spacial score (nSPS) is 12.0. The van der Waals surface area contributed by atoms with Crippen molar-refractivity contribution in [2.24, 2.45) is 0 Å². The molecule has 2 aromatic heterocycles. The van der Waals surface area contributed by atoms with Gasteiger partial charge in [-0.2, -0.15) is 0 Å². The summed E-state index contributed by atoms with van der Waals surface area (Å²) in [6, 6.07) is 11.6. The molecule has 0 fully saturated rings. The smallest absolute Gasteiger partial charge is 0.239 e. The monoisotopic (exact) mass is 375 g/mol. The third kappa shape index (κ3) is 4.17. The van der Waals surface area contributed by atoms with Crippen LogP contribution in [0.15, 0.2) is 52.1 Å². The van der Waals surface area contributed by atoms with Gasteiger partial charge in [0.15, 0.2) is 5.13 Å². The van der Waals surface area contributed by atoms with Gasteiger partial charge >= 0.3 is 0 Å². The molecule has 4 nitrogen and oxygen atoms in total. The zero-order valence-corrected chi connectivity index (χ0v) is 15.5. The SMILES string of the molecule is CCC(Sc1ccc(N)cc1)C(=O)Nc1nc(-c2cccs2)cs1. The molecule has 1 atom stereocenters. The van der Waals surface area contributed by atoms with Gasteiger partial charge in [0.1, 0.15) is 0 Å². The van der Waals surface area contributed by atoms with Crippen molar-refractivity contribution in [3.8, 4) is 10.6 Å². The summed E-state index contributed by atoms with van der Waals surface area (Å²) in [6.07, 6.45) is 0.740. The molecule has 2 heterocycles. The standard InChI is InChI=1S/C17H17N3OS3/c1-2-14(24-12-7-5-11(18)6-8-12)16(21)20-17-19-13(10-23-17)15-4-3-9-22-15/h3-10,14H,2,18H2,1H3,(H,19,20,21). The molecule has 1 amide bonds. The molecule has 0 aliphatic heterocycles. The summed E-state index contributed by atoms with van der Waals surface area (Å²) in [5.74, 6) is -0.0218. The van der Waals surface area contributed by atoms with Crippen LogP contribution in [0.25, 0.3) is 10.6 Å². The van der Waals surface area contributed by atoms with Gasteiger partial charge in [-0.05, 0) is 42.1 Å². The number of rotatable bonds is 6. The Balaban J connectivity index is 1.65. The fourth-order valence-corrected chi connectivity index (χ4v) is 4.52. The van der Waals surface area contributed by atoms with E-state index in [4.69, 9.17) is 5.73 Å². The van der Waals surface area contributed by atoms with Gasteiger partial charge in [0.05, 0.1) is 15.8 Å². The van der Waals surface area contributed by atoms with Gasteiger partial charge in [-0.3, -0.25) is 4.79 Å². The molecule has 0 saturated heterocycles. The maximum Gasteiger partial charge on any atom is 0.239 e. The molecule has 124 valence electrons. The fraction of sp³-hybridized carbons (Fsp3) is 0.176. The number of nitrogens with two attached hydrogens (primary N) is 1. The Morgan fingerprint density at radius 3 is 2.75 bits per heavy atom. The molecule has 3 aromatic rings. The second kappa shape index (κ2) is 7.83. The van der Waals surface area contributed by atoms with Gasteiger partial charge in [-0.15, -0.1) is 34.4 Å². The highest BCUT2D eigenvalue weighted by Gasteiger charge is 2.19. The predicted octanol–water partition coefficient (Wildman–Crippen LogP) is 4.96. The van der Waals surface area contributed by atoms with E-state index in [1.54, 1.807) is 23.1 Å². The Labute approximate surface area is 153 Å². The number of carbonyl (C=O) groups is 1. The topological polar surface area (TPSA) is 68.0 Å². The lowest BCUT2D eigenvalue weighted by molar-refractivity contribution is -0.115. The summed E-state index contributed by atoms with van der Waals surface area (Å²) >= 11 is 4.63. The average Bonchev–Trinajstić information content (AvgIpc) is 3.25. The van der Waals surface area contributed by atoms with E-state index in [0.29, 0.717) is 5.13 Å². The average molecular weight is 376 g/mol. The van der Waals surface area contributed by atoms with Gasteiger partial charge in [-0.1, -0.05) is 13.0 Å². The van der Waals surface area contributed by atoms with Crippen LogP contribution in [0.5, 0.6) is 0 Å². The second-order valence-electron chi connectivity index (χ2n) is 5.09. The summed E-state index contributed by atoms with van der Waals surface area (Å²) in [6.45, 7) is 2.01. The molecule has 0 saturated carbocycles. The number of benzene rings is 1. The lowest BCUT2D eigenvalue weighted by Gasteiger charge is -2.13. The maximum absolute atomic E-state index is 12.5. The third-order valence-electron chi connectivity index (χ3n) is 3.33. The molecule has 7 heteroatoms. The number of aromatic nitrogens is 1. The van der Waals surface area contributed by atoms with Crippen molar-refractivity contribution in [3.63, 3.8) is 0 Å². The molecule has 0 bridgehead atoms. The molecular formula is C17H17N3OS3. The molecule has 0 aliphatic carbocycles. The second-order valence-corrected chi connectivity index (χ2v) is 8.17. The molecular weight excluding hydrogens is 358 g/mol. The Hall–Kier alpha value is -1.83. The number of amides is 1. The largest absolute Gasteiger partial charge is 0.399 e. The van der Waals surface area contributed by atoms with Gasteiger partial charge in [0.2, 0.25) is 5.91 Å². The van der Waals surface area contributed by atoms with Crippen molar-refractivity contribution < 1.29 is 4.79 Å². The first-order chi connectivity index (χ1) is 11.7. The molecule has 0 aliphatic rings. The number of nitrogens with zero attached hydrogens (tertiary/aromatic N) is 1. The quantitative estimate of drug-likeness (QED) is 0.472. The number of hydrogen-bond donors (Lipinski definition) is 2. The summed E-state index contributed by atoms with van der Waals surface area (Å²) in [7, 11) is 0. The lowest BCUT2D eigenvalue weighted by Crippen LogP contribution is -2.24. The minimum absolute atomic E-state index is 0.0218. The van der Waals surface area contributed by atoms with E-state index in [-0.39, 0.29) is 11.2 Å². The number of carbonyl (C=O) groups excluding carboxylic acids is 1. The number of hydrogen-bond acceptors (Lipinski definition) is 6. The first kappa shape index (κ1) is 17.0. The van der Waals surface area contributed by atoms with Crippen LogP contribution in [-0.4, -0.2) is 16.1 Å². The minimum Gasteiger partial charge on any atom is -0.399 e. The van der Waals surface area contributed by atoms with Crippen molar-refractivity contribution in [3.05, 3.63) is 47.2 Å². The van der Waals surface area contributed by atoms with Crippen molar-refractivity contribution in [2.45, 2.75) is 23.5 Å². The number of anilines is 2. The van der Waals surface area contributed by atoms with E-state index in [1.807, 2.05) is 54.1 Å². The van der Waals surface area contributed by atoms with Gasteiger partial charge in [0, 0.05) is 16.0 Å². The fourth-order valence-electron chi connectivity index (χ4n) is 2.09. The first-order valence-electron chi connectivity index (χ1n) is 7.48. The maximum atomic E-state index is 12.5. The molecule has 3 N–H and O–H groups in total. The van der Waals surface area contributed by atoms with Crippen LogP contribution in [0.4, 0.5) is 10.8 Å². The van der Waals surface area contributed by atoms with E-state index in [1.165, 1.54) is 11.3 Å². The number of thiazole rings is 1. The van der Waals surface area contributed by atoms with Crippen molar-refractivity contribution in [1.82, 2.24) is 4.98 Å². The van der Waals surface area contributed by atoms with E-state index in [9.17, 15) is 4.79 Å². The predicted molar refractivity (Wildman–Crippen MR) is 105 cm³/mol. The third-order valence-corrected chi connectivity index (χ3v) is 6.36. The summed E-state index contributed by atoms with van der Waals surface area (Å²) < 4.78 is 0. The summed E-state index contributed by atoms with van der Waals surface area (Å²) in [5.41, 5.74) is 7.33. The summed E-state index contributed by atoms with van der Waals surface area (Å²) in [4.78, 5) is 19.2. The molecule has 1 unspecified atom stereocenters. The van der Waals surface area contributed by atoms with Gasteiger partial charge in [-0.25, -0.2) is 4.98 Å². The number of nitrogen functional groups attached to an aromatic ring is 1.